The lowest BCUT2D eigenvalue weighted by Gasteiger charge is -2.36. The van der Waals surface area contributed by atoms with Gasteiger partial charge >= 0.3 is 6.09 Å². The standard InChI is InChI=1S/C31H37N7O3S/c1-20-24-19-25(27-32-13-18-42-27)28(39)38(23-7-5-6-8-23)26(24)35-29(33-20)34-21-9-11-22(12-10-21)36-14-16-37(17-15-36)30(40)41-31(2,3)4/h9-13,18-19,23H,5-8,14-17H2,1-4H3,(H,33,34,35). The number of nitrogens with one attached hydrogen (secondary N) is 1. The summed E-state index contributed by atoms with van der Waals surface area (Å²) in [5.41, 5.74) is 3.50. The minimum Gasteiger partial charge on any atom is -0.444 e. The number of benzene rings is 1. The summed E-state index contributed by atoms with van der Waals surface area (Å²) in [6, 6.07) is 10.2. The van der Waals surface area contributed by atoms with Crippen molar-refractivity contribution < 1.29 is 9.53 Å². The van der Waals surface area contributed by atoms with Crippen molar-refractivity contribution in [3.63, 3.8) is 0 Å². The maximum atomic E-state index is 13.8. The fraction of sp³-hybridized carbons (Fsp3) is 0.452. The third-order valence-electron chi connectivity index (χ3n) is 7.85. The Morgan fingerprint density at radius 2 is 1.76 bits per heavy atom. The van der Waals surface area contributed by atoms with Crippen LogP contribution in [0.1, 0.15) is 58.2 Å². The van der Waals surface area contributed by atoms with Crippen molar-refractivity contribution in [2.24, 2.45) is 0 Å². The molecule has 220 valence electrons. The van der Waals surface area contributed by atoms with Gasteiger partial charge in [-0.25, -0.2) is 14.8 Å². The number of pyridine rings is 1. The summed E-state index contributed by atoms with van der Waals surface area (Å²) in [6.45, 7) is 10.3. The van der Waals surface area contributed by atoms with Gasteiger partial charge in [-0.05, 0) is 70.9 Å². The van der Waals surface area contributed by atoms with Gasteiger partial charge in [0.05, 0.1) is 11.3 Å². The zero-order chi connectivity index (χ0) is 29.4. The van der Waals surface area contributed by atoms with E-state index in [0.29, 0.717) is 30.2 Å². The zero-order valence-corrected chi connectivity index (χ0v) is 25.4. The number of carbonyl (C=O) groups is 1. The van der Waals surface area contributed by atoms with Crippen molar-refractivity contribution in [3.8, 4) is 10.6 Å². The van der Waals surface area contributed by atoms with Crippen molar-refractivity contribution in [1.29, 1.82) is 0 Å². The maximum Gasteiger partial charge on any atom is 0.410 e. The van der Waals surface area contributed by atoms with Crippen molar-refractivity contribution in [2.75, 3.05) is 36.4 Å². The number of aryl methyl sites for hydroxylation is 1. The molecule has 0 bridgehead atoms. The van der Waals surface area contributed by atoms with Crippen LogP contribution in [-0.4, -0.2) is 62.3 Å². The second-order valence-corrected chi connectivity index (χ2v) is 12.9. The Morgan fingerprint density at radius 3 is 2.40 bits per heavy atom. The molecule has 0 atom stereocenters. The number of carbonyl (C=O) groups excluding carboxylic acids is 1. The molecule has 6 rings (SSSR count). The minimum absolute atomic E-state index is 0.0375. The predicted octanol–water partition coefficient (Wildman–Crippen LogP) is 6.14. The van der Waals surface area contributed by atoms with Crippen LogP contribution in [0.4, 0.5) is 22.1 Å². The lowest BCUT2D eigenvalue weighted by Crippen LogP contribution is -2.50. The van der Waals surface area contributed by atoms with Crippen LogP contribution < -0.4 is 15.8 Å². The fourth-order valence-corrected chi connectivity index (χ4v) is 6.42. The Morgan fingerprint density at radius 1 is 1.05 bits per heavy atom. The number of piperazine rings is 1. The normalized spacial score (nSPS) is 16.3. The molecule has 2 aliphatic rings. The number of nitrogens with zero attached hydrogens (tertiary/aromatic N) is 6. The van der Waals surface area contributed by atoms with Gasteiger partial charge in [-0.2, -0.15) is 4.98 Å². The van der Waals surface area contributed by atoms with Gasteiger partial charge in [-0.1, -0.05) is 12.8 Å². The number of thiazole rings is 1. The highest BCUT2D eigenvalue weighted by Crippen LogP contribution is 2.33. The highest BCUT2D eigenvalue weighted by atomic mass is 32.1. The lowest BCUT2D eigenvalue weighted by molar-refractivity contribution is 0.0240. The topological polar surface area (TPSA) is 105 Å². The van der Waals surface area contributed by atoms with Crippen LogP contribution in [-0.2, 0) is 4.74 Å². The molecule has 1 amide bonds. The number of ether oxygens (including phenoxy) is 1. The summed E-state index contributed by atoms with van der Waals surface area (Å²) in [5.74, 6) is 0.465. The van der Waals surface area contributed by atoms with Crippen LogP contribution >= 0.6 is 11.3 Å². The molecule has 1 aliphatic heterocycles. The lowest BCUT2D eigenvalue weighted by atomic mass is 10.1. The molecule has 0 spiro atoms. The van der Waals surface area contributed by atoms with Crippen molar-refractivity contribution in [2.45, 2.75) is 65.0 Å². The monoisotopic (exact) mass is 587 g/mol. The van der Waals surface area contributed by atoms with E-state index in [-0.39, 0.29) is 17.7 Å². The van der Waals surface area contributed by atoms with Crippen LogP contribution in [0.15, 0.2) is 46.7 Å². The van der Waals surface area contributed by atoms with E-state index in [4.69, 9.17) is 14.7 Å². The first-order valence-corrected chi connectivity index (χ1v) is 15.5. The summed E-state index contributed by atoms with van der Waals surface area (Å²) in [5, 5.41) is 6.84. The predicted molar refractivity (Wildman–Crippen MR) is 167 cm³/mol. The van der Waals surface area contributed by atoms with Gasteiger partial charge in [0, 0.05) is 60.6 Å². The summed E-state index contributed by atoms with van der Waals surface area (Å²) in [4.78, 5) is 44.3. The minimum atomic E-state index is -0.497. The fourth-order valence-electron chi connectivity index (χ4n) is 5.78. The van der Waals surface area contributed by atoms with E-state index < -0.39 is 5.60 Å². The van der Waals surface area contributed by atoms with Crippen molar-refractivity contribution in [1.82, 2.24) is 24.4 Å². The molecule has 1 N–H and O–H groups in total. The first kappa shape index (κ1) is 28.1. The Labute approximate surface area is 249 Å². The SMILES string of the molecule is Cc1nc(Nc2ccc(N3CCN(C(=O)OC(C)(C)C)CC3)cc2)nc2c1cc(-c1nccs1)c(=O)n2C1CCCC1. The molecule has 3 aromatic heterocycles. The first-order valence-electron chi connectivity index (χ1n) is 14.6. The van der Waals surface area contributed by atoms with Crippen LogP contribution in [0.2, 0.25) is 0 Å². The summed E-state index contributed by atoms with van der Waals surface area (Å²) < 4.78 is 7.41. The second-order valence-electron chi connectivity index (χ2n) is 12.0. The van der Waals surface area contributed by atoms with Crippen LogP contribution in [0.5, 0.6) is 0 Å². The van der Waals surface area contributed by atoms with Gasteiger partial charge in [0.1, 0.15) is 16.3 Å². The smallest absolute Gasteiger partial charge is 0.410 e. The van der Waals surface area contributed by atoms with Crippen molar-refractivity contribution >= 4 is 45.8 Å². The van der Waals surface area contributed by atoms with E-state index in [9.17, 15) is 9.59 Å². The molecule has 0 radical (unpaired) electrons. The molecule has 1 aliphatic carbocycles. The zero-order valence-electron chi connectivity index (χ0n) is 24.6. The third kappa shape index (κ3) is 5.83. The van der Waals surface area contributed by atoms with E-state index in [2.05, 4.69) is 27.3 Å². The summed E-state index contributed by atoms with van der Waals surface area (Å²) >= 11 is 1.47. The van der Waals surface area contributed by atoms with E-state index in [1.54, 1.807) is 11.1 Å². The molecule has 0 unspecified atom stereocenters. The molecule has 4 heterocycles. The molecule has 42 heavy (non-hydrogen) atoms. The first-order chi connectivity index (χ1) is 20.2. The Balaban J connectivity index is 1.22. The summed E-state index contributed by atoms with van der Waals surface area (Å²) in [7, 11) is 0. The largest absolute Gasteiger partial charge is 0.444 e. The molecular formula is C31H37N7O3S. The van der Waals surface area contributed by atoms with E-state index in [0.717, 1.165) is 66.2 Å². The quantitative estimate of drug-likeness (QED) is 0.297. The molecule has 2 fully saturated rings. The average Bonchev–Trinajstić information content (AvgIpc) is 3.68. The Kier molecular flexibility index (Phi) is 7.61. The molecule has 11 heteroatoms. The number of rotatable bonds is 5. The van der Waals surface area contributed by atoms with Gasteiger partial charge in [0.2, 0.25) is 5.95 Å². The van der Waals surface area contributed by atoms with Crippen molar-refractivity contribution in [3.05, 3.63) is 58.0 Å². The number of fused-ring (bicyclic) bond motifs is 1. The Bertz CT molecular complexity index is 1630. The van der Waals surface area contributed by atoms with Crippen LogP contribution in [0.3, 0.4) is 0 Å². The average molecular weight is 588 g/mol. The number of amides is 1. The summed E-state index contributed by atoms with van der Waals surface area (Å²) in [6.07, 6.45) is 5.63. The van der Waals surface area contributed by atoms with Gasteiger partial charge in [0.15, 0.2) is 0 Å². The molecule has 10 nitrogen and oxygen atoms in total. The number of hydrogen-bond donors (Lipinski definition) is 1. The van der Waals surface area contributed by atoms with E-state index >= 15 is 0 Å². The molecule has 1 aromatic carbocycles. The van der Waals surface area contributed by atoms with Crippen LogP contribution in [0, 0.1) is 6.92 Å². The molecular weight excluding hydrogens is 550 g/mol. The highest BCUT2D eigenvalue weighted by Gasteiger charge is 2.27. The molecule has 1 saturated carbocycles. The van der Waals surface area contributed by atoms with E-state index in [1.165, 1.54) is 11.3 Å². The number of aromatic nitrogens is 4. The second kappa shape index (κ2) is 11.4. The van der Waals surface area contributed by atoms with Gasteiger partial charge < -0.3 is 19.9 Å². The van der Waals surface area contributed by atoms with Gasteiger partial charge in [0.25, 0.3) is 5.56 Å². The van der Waals surface area contributed by atoms with E-state index in [1.807, 2.05) is 55.8 Å². The number of anilines is 3. The van der Waals surface area contributed by atoms with Gasteiger partial charge in [-0.15, -0.1) is 11.3 Å². The number of hydrogen-bond acceptors (Lipinski definition) is 9. The highest BCUT2D eigenvalue weighted by molar-refractivity contribution is 7.13. The van der Waals surface area contributed by atoms with Crippen LogP contribution in [0.25, 0.3) is 21.6 Å². The Hall–Kier alpha value is -3.99. The van der Waals surface area contributed by atoms with Gasteiger partial charge in [-0.3, -0.25) is 9.36 Å². The maximum absolute atomic E-state index is 13.8. The molecule has 4 aromatic rings. The molecule has 1 saturated heterocycles. The third-order valence-corrected chi connectivity index (χ3v) is 8.66.